The number of para-hydroxylation sites is 1. The van der Waals surface area contributed by atoms with E-state index in [1.54, 1.807) is 6.21 Å². The van der Waals surface area contributed by atoms with Crippen molar-refractivity contribution in [3.8, 4) is 5.75 Å². The fourth-order valence-electron chi connectivity index (χ4n) is 1.31. The lowest BCUT2D eigenvalue weighted by Crippen LogP contribution is -1.87. The van der Waals surface area contributed by atoms with Crippen LogP contribution < -0.4 is 0 Å². The van der Waals surface area contributed by atoms with Crippen molar-refractivity contribution in [2.45, 2.75) is 33.1 Å². The molecular formula is C12H17NO. The minimum atomic E-state index is 0.312. The number of phenolic OH excluding ortho intramolecular Hbond substituents is 1. The van der Waals surface area contributed by atoms with Crippen LogP contribution in [0.3, 0.4) is 0 Å². The van der Waals surface area contributed by atoms with Crippen LogP contribution in [-0.4, -0.2) is 11.3 Å². The predicted octanol–water partition coefficient (Wildman–Crippen LogP) is 3.63. The van der Waals surface area contributed by atoms with Crippen molar-refractivity contribution in [3.05, 3.63) is 23.8 Å². The van der Waals surface area contributed by atoms with Crippen molar-refractivity contribution in [3.63, 3.8) is 0 Å². The van der Waals surface area contributed by atoms with E-state index in [-0.39, 0.29) is 0 Å². The van der Waals surface area contributed by atoms with Crippen LogP contribution in [0.15, 0.2) is 23.2 Å². The normalized spacial score (nSPS) is 11.4. The summed E-state index contributed by atoms with van der Waals surface area (Å²) >= 11 is 0. The molecule has 76 valence electrons. The third kappa shape index (κ3) is 2.34. The standard InChI is InChI=1S/C12H17NO/c1-4-8-13-11-7-5-6-10(9(2)3)12(11)14/h5-9,14H,4H2,1-3H3. The van der Waals surface area contributed by atoms with E-state index < -0.39 is 0 Å². The number of aromatic hydroxyl groups is 1. The zero-order valence-corrected chi connectivity index (χ0v) is 8.99. The van der Waals surface area contributed by atoms with Gasteiger partial charge < -0.3 is 5.11 Å². The second-order valence-electron chi connectivity index (χ2n) is 3.59. The maximum Gasteiger partial charge on any atom is 0.144 e. The average molecular weight is 191 g/mol. The van der Waals surface area contributed by atoms with E-state index in [2.05, 4.69) is 18.8 Å². The number of nitrogens with zero attached hydrogens (tertiary/aromatic N) is 1. The van der Waals surface area contributed by atoms with Crippen molar-refractivity contribution in [2.24, 2.45) is 4.99 Å². The molecule has 0 aliphatic rings. The summed E-state index contributed by atoms with van der Waals surface area (Å²) in [5, 5.41) is 9.87. The maximum absolute atomic E-state index is 9.87. The molecular weight excluding hydrogens is 174 g/mol. The van der Waals surface area contributed by atoms with Crippen molar-refractivity contribution in [1.29, 1.82) is 0 Å². The first-order chi connectivity index (χ1) is 6.66. The Morgan fingerprint density at radius 1 is 1.43 bits per heavy atom. The van der Waals surface area contributed by atoms with Gasteiger partial charge in [0.1, 0.15) is 11.4 Å². The second kappa shape index (κ2) is 4.80. The fourth-order valence-corrected chi connectivity index (χ4v) is 1.31. The SMILES string of the molecule is CCC=Nc1cccc(C(C)C)c1O. The van der Waals surface area contributed by atoms with Crippen molar-refractivity contribution in [1.82, 2.24) is 0 Å². The molecule has 0 radical (unpaired) electrons. The Kier molecular flexibility index (Phi) is 3.69. The van der Waals surface area contributed by atoms with E-state index in [1.807, 2.05) is 25.1 Å². The topological polar surface area (TPSA) is 32.6 Å². The Balaban J connectivity index is 3.07. The Morgan fingerprint density at radius 2 is 2.14 bits per heavy atom. The summed E-state index contributed by atoms with van der Waals surface area (Å²) in [6.07, 6.45) is 2.69. The molecule has 0 bridgehead atoms. The molecule has 0 atom stereocenters. The molecule has 1 aromatic rings. The number of benzene rings is 1. The molecule has 0 spiro atoms. The van der Waals surface area contributed by atoms with Gasteiger partial charge in [-0.2, -0.15) is 0 Å². The molecule has 0 aliphatic carbocycles. The number of hydrogen-bond donors (Lipinski definition) is 1. The largest absolute Gasteiger partial charge is 0.505 e. The molecule has 0 fully saturated rings. The highest BCUT2D eigenvalue weighted by molar-refractivity contribution is 5.67. The quantitative estimate of drug-likeness (QED) is 0.727. The Labute approximate surface area is 85.3 Å². The first-order valence-corrected chi connectivity index (χ1v) is 5.01. The van der Waals surface area contributed by atoms with Gasteiger partial charge in [-0.15, -0.1) is 0 Å². The number of aliphatic imine (C=N–C) groups is 1. The van der Waals surface area contributed by atoms with Gasteiger partial charge >= 0.3 is 0 Å². The van der Waals surface area contributed by atoms with E-state index in [0.29, 0.717) is 17.4 Å². The molecule has 2 nitrogen and oxygen atoms in total. The summed E-state index contributed by atoms with van der Waals surface area (Å²) in [5.41, 5.74) is 1.62. The number of rotatable bonds is 3. The molecule has 0 saturated heterocycles. The van der Waals surface area contributed by atoms with E-state index in [0.717, 1.165) is 12.0 Å². The third-order valence-electron chi connectivity index (χ3n) is 2.08. The van der Waals surface area contributed by atoms with Crippen molar-refractivity contribution >= 4 is 11.9 Å². The second-order valence-corrected chi connectivity index (χ2v) is 3.59. The predicted molar refractivity (Wildman–Crippen MR) is 60.6 cm³/mol. The van der Waals surface area contributed by atoms with Crippen LogP contribution in [-0.2, 0) is 0 Å². The van der Waals surface area contributed by atoms with Crippen molar-refractivity contribution < 1.29 is 5.11 Å². The lowest BCUT2D eigenvalue weighted by atomic mass is 10.0. The zero-order valence-electron chi connectivity index (χ0n) is 8.99. The molecule has 14 heavy (non-hydrogen) atoms. The summed E-state index contributed by atoms with van der Waals surface area (Å²) in [4.78, 5) is 4.19. The minimum Gasteiger partial charge on any atom is -0.505 e. The molecule has 0 unspecified atom stereocenters. The number of phenols is 1. The van der Waals surface area contributed by atoms with Gasteiger partial charge in [-0.25, -0.2) is 0 Å². The van der Waals surface area contributed by atoms with Crippen LogP contribution in [0.4, 0.5) is 5.69 Å². The molecule has 0 heterocycles. The summed E-state index contributed by atoms with van der Waals surface area (Å²) < 4.78 is 0. The Morgan fingerprint density at radius 3 is 2.71 bits per heavy atom. The average Bonchev–Trinajstić information content (AvgIpc) is 2.16. The van der Waals surface area contributed by atoms with Gasteiger partial charge in [0.2, 0.25) is 0 Å². The van der Waals surface area contributed by atoms with Gasteiger partial charge in [0.05, 0.1) is 0 Å². The van der Waals surface area contributed by atoms with E-state index >= 15 is 0 Å². The van der Waals surface area contributed by atoms with Crippen molar-refractivity contribution in [2.75, 3.05) is 0 Å². The summed E-state index contributed by atoms with van der Waals surface area (Å²) in [5.74, 6) is 0.638. The van der Waals surface area contributed by atoms with Gasteiger partial charge in [0.25, 0.3) is 0 Å². The van der Waals surface area contributed by atoms with Gasteiger partial charge in [-0.05, 0) is 24.0 Å². The van der Waals surface area contributed by atoms with E-state index in [4.69, 9.17) is 0 Å². The molecule has 0 saturated carbocycles. The highest BCUT2D eigenvalue weighted by atomic mass is 16.3. The molecule has 1 rings (SSSR count). The highest BCUT2D eigenvalue weighted by Crippen LogP contribution is 2.34. The van der Waals surface area contributed by atoms with E-state index in [1.165, 1.54) is 0 Å². The first kappa shape index (κ1) is 10.8. The zero-order chi connectivity index (χ0) is 10.6. The highest BCUT2D eigenvalue weighted by Gasteiger charge is 2.08. The smallest absolute Gasteiger partial charge is 0.144 e. The number of hydrogen-bond acceptors (Lipinski definition) is 2. The molecule has 1 N–H and O–H groups in total. The van der Waals surface area contributed by atoms with Gasteiger partial charge in [-0.3, -0.25) is 4.99 Å². The fraction of sp³-hybridized carbons (Fsp3) is 0.417. The molecule has 1 aromatic carbocycles. The van der Waals surface area contributed by atoms with Crippen LogP contribution in [0.25, 0.3) is 0 Å². The summed E-state index contributed by atoms with van der Waals surface area (Å²) in [6.45, 7) is 6.14. The first-order valence-electron chi connectivity index (χ1n) is 5.01. The van der Waals surface area contributed by atoms with E-state index in [9.17, 15) is 5.11 Å². The summed E-state index contributed by atoms with van der Waals surface area (Å²) in [7, 11) is 0. The lowest BCUT2D eigenvalue weighted by Gasteiger charge is -2.09. The van der Waals surface area contributed by atoms with Gasteiger partial charge in [-0.1, -0.05) is 32.9 Å². The van der Waals surface area contributed by atoms with Crippen LogP contribution >= 0.6 is 0 Å². The minimum absolute atomic E-state index is 0.312. The van der Waals surface area contributed by atoms with Gasteiger partial charge in [0.15, 0.2) is 0 Å². The van der Waals surface area contributed by atoms with Crippen LogP contribution in [0.5, 0.6) is 5.75 Å². The molecule has 0 amide bonds. The van der Waals surface area contributed by atoms with Crippen LogP contribution in [0.2, 0.25) is 0 Å². The Hall–Kier alpha value is -1.31. The van der Waals surface area contributed by atoms with Crippen LogP contribution in [0, 0.1) is 0 Å². The lowest BCUT2D eigenvalue weighted by molar-refractivity contribution is 0.466. The molecule has 0 aliphatic heterocycles. The Bertz CT molecular complexity index is 329. The third-order valence-corrected chi connectivity index (χ3v) is 2.08. The molecule has 0 aromatic heterocycles. The van der Waals surface area contributed by atoms with Gasteiger partial charge in [0, 0.05) is 6.21 Å². The monoisotopic (exact) mass is 191 g/mol. The molecule has 2 heteroatoms. The maximum atomic E-state index is 9.87. The summed E-state index contributed by atoms with van der Waals surface area (Å²) in [6, 6.07) is 5.69. The van der Waals surface area contributed by atoms with Crippen LogP contribution in [0.1, 0.15) is 38.7 Å².